The number of unbranched alkanes of at least 4 members (excludes halogenated alkanes) is 1. The maximum Gasteiger partial charge on any atom is 0.345 e. The van der Waals surface area contributed by atoms with Gasteiger partial charge >= 0.3 is 6.03 Å². The van der Waals surface area contributed by atoms with E-state index in [1.165, 1.54) is 23.9 Å². The first kappa shape index (κ1) is 16.5. The van der Waals surface area contributed by atoms with Gasteiger partial charge in [-0.25, -0.2) is 4.79 Å². The van der Waals surface area contributed by atoms with Gasteiger partial charge < -0.3 is 4.90 Å². The molecule has 2 fully saturated rings. The molecule has 0 aliphatic carbocycles. The molecule has 0 aromatic heterocycles. The minimum atomic E-state index is -0.551. The average Bonchev–Trinajstić information content (AvgIpc) is 2.72. The number of hydrazine groups is 1. The van der Waals surface area contributed by atoms with E-state index in [1.807, 2.05) is 0 Å². The summed E-state index contributed by atoms with van der Waals surface area (Å²) in [5.41, 5.74) is 2.51. The summed E-state index contributed by atoms with van der Waals surface area (Å²) in [7, 11) is 1.48. The number of hydroxylamine groups is 2. The molecule has 4 amide bonds. The van der Waals surface area contributed by atoms with Crippen LogP contribution in [0, 0.1) is 0 Å². The van der Waals surface area contributed by atoms with Gasteiger partial charge in [-0.3, -0.25) is 24.9 Å². The summed E-state index contributed by atoms with van der Waals surface area (Å²) in [6, 6.07) is -0.798. The monoisotopic (exact) mass is 312 g/mol. The van der Waals surface area contributed by atoms with Gasteiger partial charge in [0.15, 0.2) is 0 Å². The fourth-order valence-electron chi connectivity index (χ4n) is 2.70. The maximum absolute atomic E-state index is 12.4. The number of hydrogen-bond acceptors (Lipinski definition) is 4. The van der Waals surface area contributed by atoms with Crippen molar-refractivity contribution < 1.29 is 19.2 Å². The van der Waals surface area contributed by atoms with E-state index < -0.39 is 6.04 Å². The smallest absolute Gasteiger partial charge is 0.309 e. The van der Waals surface area contributed by atoms with Gasteiger partial charge in [0.25, 0.3) is 5.91 Å². The van der Waals surface area contributed by atoms with E-state index in [-0.39, 0.29) is 23.9 Å². The number of nitrogens with zero attached hydrogens (tertiary/aromatic N) is 3. The van der Waals surface area contributed by atoms with E-state index in [0.717, 1.165) is 24.3 Å². The molecule has 0 saturated carbocycles. The molecule has 0 aromatic carbocycles. The van der Waals surface area contributed by atoms with Crippen molar-refractivity contribution in [2.24, 2.45) is 0 Å². The minimum Gasteiger partial charge on any atom is -0.309 e. The highest BCUT2D eigenvalue weighted by molar-refractivity contribution is 5.89. The van der Waals surface area contributed by atoms with Crippen molar-refractivity contribution in [1.29, 1.82) is 0 Å². The molecule has 0 spiro atoms. The quantitative estimate of drug-likeness (QED) is 0.592. The van der Waals surface area contributed by atoms with Gasteiger partial charge in [-0.05, 0) is 19.3 Å². The molecule has 2 saturated heterocycles. The molecule has 0 aromatic rings. The van der Waals surface area contributed by atoms with Crippen molar-refractivity contribution in [3.63, 3.8) is 0 Å². The van der Waals surface area contributed by atoms with Gasteiger partial charge in [0.05, 0.1) is 12.6 Å². The van der Waals surface area contributed by atoms with Crippen LogP contribution >= 0.6 is 0 Å². The zero-order chi connectivity index (χ0) is 16.3. The summed E-state index contributed by atoms with van der Waals surface area (Å²) in [6.07, 6.45) is 3.18. The molecule has 2 aliphatic rings. The standard InChI is InChI=1S/C14H24N4O4/c1-4-5-8-22-18-11-6-7-12(17(9-11)14(18)21)13(20)15-16(3)10(2)19/h11-12H,4-9H2,1-3H3,(H,15,20)/t11-,12+/m1/s1. The molecule has 2 aliphatic heterocycles. The summed E-state index contributed by atoms with van der Waals surface area (Å²) in [5, 5.41) is 2.54. The molecule has 1 N–H and O–H groups in total. The Labute approximate surface area is 130 Å². The summed E-state index contributed by atoms with van der Waals surface area (Å²) in [4.78, 5) is 42.9. The first-order chi connectivity index (χ1) is 10.5. The Bertz CT molecular complexity index is 456. The number of urea groups is 1. The SMILES string of the molecule is CCCCON1C(=O)N2C[C@H]1CC[C@H]2C(=O)NN(C)C(C)=O. The zero-order valence-electron chi connectivity index (χ0n) is 13.4. The summed E-state index contributed by atoms with van der Waals surface area (Å²) < 4.78 is 0. The lowest BCUT2D eigenvalue weighted by Gasteiger charge is -2.30. The molecule has 2 bridgehead atoms. The maximum atomic E-state index is 12.4. The van der Waals surface area contributed by atoms with Gasteiger partial charge in [0.1, 0.15) is 6.04 Å². The normalized spacial score (nSPS) is 23.7. The number of amides is 4. The first-order valence-corrected chi connectivity index (χ1v) is 7.73. The van der Waals surface area contributed by atoms with E-state index in [9.17, 15) is 14.4 Å². The average molecular weight is 312 g/mol. The highest BCUT2D eigenvalue weighted by atomic mass is 16.7. The Balaban J connectivity index is 1.96. The Morgan fingerprint density at radius 3 is 2.77 bits per heavy atom. The van der Waals surface area contributed by atoms with Gasteiger partial charge in [0, 0.05) is 20.5 Å². The number of fused-ring (bicyclic) bond motifs is 2. The second-order valence-corrected chi connectivity index (χ2v) is 5.75. The van der Waals surface area contributed by atoms with E-state index >= 15 is 0 Å². The highest BCUT2D eigenvalue weighted by Crippen LogP contribution is 2.30. The molecule has 0 unspecified atom stereocenters. The molecule has 8 nitrogen and oxygen atoms in total. The summed E-state index contributed by atoms with van der Waals surface area (Å²) >= 11 is 0. The number of hydrogen-bond donors (Lipinski definition) is 1. The van der Waals surface area contributed by atoms with Crippen LogP contribution in [-0.2, 0) is 14.4 Å². The Morgan fingerprint density at radius 1 is 1.41 bits per heavy atom. The van der Waals surface area contributed by atoms with Gasteiger partial charge in [-0.2, -0.15) is 5.06 Å². The van der Waals surface area contributed by atoms with Crippen molar-refractivity contribution in [1.82, 2.24) is 20.4 Å². The van der Waals surface area contributed by atoms with E-state index in [4.69, 9.17) is 4.84 Å². The molecule has 8 heteroatoms. The van der Waals surface area contributed by atoms with Crippen LogP contribution in [0.4, 0.5) is 4.79 Å². The molecule has 124 valence electrons. The van der Waals surface area contributed by atoms with Crippen LogP contribution < -0.4 is 5.43 Å². The fourth-order valence-corrected chi connectivity index (χ4v) is 2.70. The largest absolute Gasteiger partial charge is 0.345 e. The lowest BCUT2D eigenvalue weighted by molar-refractivity contribution is -0.140. The van der Waals surface area contributed by atoms with Crippen LogP contribution in [0.15, 0.2) is 0 Å². The third-order valence-corrected chi connectivity index (χ3v) is 4.10. The lowest BCUT2D eigenvalue weighted by atomic mass is 10.0. The predicted octanol–water partition coefficient (Wildman–Crippen LogP) is 0.496. The third kappa shape index (κ3) is 3.32. The van der Waals surface area contributed by atoms with Gasteiger partial charge in [0.2, 0.25) is 5.91 Å². The fraction of sp³-hybridized carbons (Fsp3) is 0.786. The second kappa shape index (κ2) is 6.95. The topological polar surface area (TPSA) is 82.2 Å². The number of rotatable bonds is 5. The first-order valence-electron chi connectivity index (χ1n) is 7.73. The van der Waals surface area contributed by atoms with Crippen molar-refractivity contribution in [2.45, 2.75) is 51.6 Å². The van der Waals surface area contributed by atoms with Crippen LogP contribution in [0.25, 0.3) is 0 Å². The third-order valence-electron chi connectivity index (χ3n) is 4.10. The summed E-state index contributed by atoms with van der Waals surface area (Å²) in [5.74, 6) is -0.598. The Morgan fingerprint density at radius 2 is 2.14 bits per heavy atom. The van der Waals surface area contributed by atoms with E-state index in [0.29, 0.717) is 19.6 Å². The van der Waals surface area contributed by atoms with Crippen molar-refractivity contribution in [3.05, 3.63) is 0 Å². The highest BCUT2D eigenvalue weighted by Gasteiger charge is 2.48. The van der Waals surface area contributed by atoms with Crippen molar-refractivity contribution >= 4 is 17.8 Å². The summed E-state index contributed by atoms with van der Waals surface area (Å²) in [6.45, 7) is 4.42. The molecule has 2 atom stereocenters. The van der Waals surface area contributed by atoms with Crippen LogP contribution in [0.2, 0.25) is 0 Å². The van der Waals surface area contributed by atoms with Gasteiger partial charge in [-0.1, -0.05) is 13.3 Å². The molecule has 2 rings (SSSR count). The zero-order valence-corrected chi connectivity index (χ0v) is 13.4. The van der Waals surface area contributed by atoms with Crippen molar-refractivity contribution in [2.75, 3.05) is 20.2 Å². The second-order valence-electron chi connectivity index (χ2n) is 5.75. The molecule has 22 heavy (non-hydrogen) atoms. The Kier molecular flexibility index (Phi) is 5.23. The van der Waals surface area contributed by atoms with Crippen LogP contribution in [0.3, 0.4) is 0 Å². The number of piperidine rings is 1. The minimum absolute atomic E-state index is 0.0129. The van der Waals surface area contributed by atoms with E-state index in [2.05, 4.69) is 12.3 Å². The van der Waals surface area contributed by atoms with Crippen LogP contribution in [-0.4, -0.2) is 65.1 Å². The Hall–Kier alpha value is -1.83. The number of carbonyl (C=O) groups is 3. The predicted molar refractivity (Wildman–Crippen MR) is 78.2 cm³/mol. The van der Waals surface area contributed by atoms with Crippen LogP contribution in [0.5, 0.6) is 0 Å². The molecular weight excluding hydrogens is 288 g/mol. The van der Waals surface area contributed by atoms with Crippen LogP contribution in [0.1, 0.15) is 39.5 Å². The molecular formula is C14H24N4O4. The molecule has 2 heterocycles. The van der Waals surface area contributed by atoms with Crippen molar-refractivity contribution in [3.8, 4) is 0 Å². The number of nitrogens with one attached hydrogen (secondary N) is 1. The number of carbonyl (C=O) groups excluding carboxylic acids is 3. The van der Waals surface area contributed by atoms with Gasteiger partial charge in [-0.15, -0.1) is 0 Å². The molecule has 0 radical (unpaired) electrons. The lowest BCUT2D eigenvalue weighted by Crippen LogP contribution is -2.54. The van der Waals surface area contributed by atoms with E-state index in [1.54, 1.807) is 0 Å².